The third-order valence-corrected chi connectivity index (χ3v) is 2.91. The minimum absolute atomic E-state index is 0.903. The van der Waals surface area contributed by atoms with Gasteiger partial charge in [0.15, 0.2) is 0 Å². The highest BCUT2D eigenvalue weighted by Gasteiger charge is 1.94. The second kappa shape index (κ2) is 10.8. The summed E-state index contributed by atoms with van der Waals surface area (Å²) in [6.45, 7) is 6.89. The minimum Gasteiger partial charge on any atom is -0.0885 e. The number of rotatable bonds is 9. The molecule has 0 aliphatic heterocycles. The molecule has 0 heterocycles. The molecule has 0 N–H and O–H groups in total. The van der Waals surface area contributed by atoms with Gasteiger partial charge in [0.05, 0.1) is 0 Å². The van der Waals surface area contributed by atoms with Gasteiger partial charge in [0.25, 0.3) is 0 Å². The Bertz CT molecular complexity index is 124. The third kappa shape index (κ3) is 9.83. The van der Waals surface area contributed by atoms with Gasteiger partial charge in [0, 0.05) is 0 Å². The maximum Gasteiger partial charge on any atom is -0.0348 e. The highest BCUT2D eigenvalue weighted by atomic mass is 14.0. The van der Waals surface area contributed by atoms with E-state index in [2.05, 4.69) is 32.9 Å². The molecular weight excluding hydrogens is 168 g/mol. The quantitative estimate of drug-likeness (QED) is 0.345. The third-order valence-electron chi connectivity index (χ3n) is 2.91. The first-order valence-electron chi connectivity index (χ1n) is 6.46. The van der Waals surface area contributed by atoms with Gasteiger partial charge < -0.3 is 0 Å². The molecule has 0 aromatic carbocycles. The number of unbranched alkanes of at least 4 members (excludes halogenated alkanes) is 4. The molecule has 0 saturated heterocycles. The van der Waals surface area contributed by atoms with Crippen LogP contribution < -0.4 is 0 Å². The van der Waals surface area contributed by atoms with Gasteiger partial charge >= 0.3 is 0 Å². The molecular formula is C14H28. The minimum atomic E-state index is 0.903. The molecule has 0 rings (SSSR count). The smallest absolute Gasteiger partial charge is 0.0348 e. The van der Waals surface area contributed by atoms with Crippen LogP contribution in [0.1, 0.15) is 72.1 Å². The lowest BCUT2D eigenvalue weighted by Crippen LogP contribution is -1.89. The topological polar surface area (TPSA) is 0 Å². The second-order valence-electron chi connectivity index (χ2n) is 4.41. The Morgan fingerprint density at radius 2 is 1.64 bits per heavy atom. The van der Waals surface area contributed by atoms with E-state index in [1.807, 2.05) is 0 Å². The zero-order valence-corrected chi connectivity index (χ0v) is 10.4. The first-order chi connectivity index (χ1) is 6.81. The van der Waals surface area contributed by atoms with Crippen molar-refractivity contribution in [3.63, 3.8) is 0 Å². The Balaban J connectivity index is 3.11. The van der Waals surface area contributed by atoms with Gasteiger partial charge in [-0.2, -0.15) is 0 Å². The average Bonchev–Trinajstić information content (AvgIpc) is 2.21. The number of hydrogen-bond donors (Lipinski definition) is 0. The van der Waals surface area contributed by atoms with Crippen LogP contribution in [0, 0.1) is 5.92 Å². The number of hydrogen-bond acceptors (Lipinski definition) is 0. The summed E-state index contributed by atoms with van der Waals surface area (Å²) in [6, 6.07) is 0. The molecule has 0 bridgehead atoms. The van der Waals surface area contributed by atoms with Gasteiger partial charge in [-0.15, -0.1) is 0 Å². The maximum absolute atomic E-state index is 2.37. The maximum atomic E-state index is 2.37. The largest absolute Gasteiger partial charge is 0.0885 e. The lowest BCUT2D eigenvalue weighted by atomic mass is 10.0. The van der Waals surface area contributed by atoms with Gasteiger partial charge in [-0.1, -0.05) is 58.6 Å². The van der Waals surface area contributed by atoms with Crippen molar-refractivity contribution in [3.05, 3.63) is 12.2 Å². The molecule has 0 heteroatoms. The van der Waals surface area contributed by atoms with Crippen molar-refractivity contribution in [3.8, 4) is 0 Å². The Morgan fingerprint density at radius 1 is 0.929 bits per heavy atom. The molecule has 0 spiro atoms. The van der Waals surface area contributed by atoms with Crippen LogP contribution in [0.4, 0.5) is 0 Å². The van der Waals surface area contributed by atoms with Crippen LogP contribution in [-0.2, 0) is 0 Å². The Labute approximate surface area is 90.8 Å². The van der Waals surface area contributed by atoms with Gasteiger partial charge in [-0.3, -0.25) is 0 Å². The molecule has 0 radical (unpaired) electrons. The van der Waals surface area contributed by atoms with Crippen LogP contribution >= 0.6 is 0 Å². The van der Waals surface area contributed by atoms with E-state index in [1.54, 1.807) is 0 Å². The lowest BCUT2D eigenvalue weighted by Gasteiger charge is -2.04. The summed E-state index contributed by atoms with van der Waals surface area (Å²) in [7, 11) is 0. The molecule has 0 aromatic heterocycles. The molecule has 0 aromatic rings. The summed E-state index contributed by atoms with van der Waals surface area (Å²) >= 11 is 0. The molecule has 0 aliphatic rings. The number of allylic oxidation sites excluding steroid dienone is 2. The van der Waals surface area contributed by atoms with E-state index in [0.29, 0.717) is 0 Å². The van der Waals surface area contributed by atoms with Gasteiger partial charge in [0.1, 0.15) is 0 Å². The zero-order valence-electron chi connectivity index (χ0n) is 10.4. The van der Waals surface area contributed by atoms with Crippen molar-refractivity contribution >= 4 is 0 Å². The van der Waals surface area contributed by atoms with Crippen LogP contribution in [0.15, 0.2) is 12.2 Å². The van der Waals surface area contributed by atoms with Crippen LogP contribution in [-0.4, -0.2) is 0 Å². The van der Waals surface area contributed by atoms with E-state index in [-0.39, 0.29) is 0 Å². The van der Waals surface area contributed by atoms with Crippen molar-refractivity contribution < 1.29 is 0 Å². The van der Waals surface area contributed by atoms with E-state index in [0.717, 1.165) is 5.92 Å². The average molecular weight is 196 g/mol. The molecule has 84 valence electrons. The highest BCUT2D eigenvalue weighted by molar-refractivity contribution is 4.81. The van der Waals surface area contributed by atoms with Crippen LogP contribution in [0.5, 0.6) is 0 Å². The predicted molar refractivity (Wildman–Crippen MR) is 66.6 cm³/mol. The van der Waals surface area contributed by atoms with Gasteiger partial charge in [-0.05, 0) is 31.6 Å². The highest BCUT2D eigenvalue weighted by Crippen LogP contribution is 2.10. The molecule has 14 heavy (non-hydrogen) atoms. The molecule has 0 saturated carbocycles. The van der Waals surface area contributed by atoms with E-state index < -0.39 is 0 Å². The van der Waals surface area contributed by atoms with Crippen molar-refractivity contribution in [1.29, 1.82) is 0 Å². The summed E-state index contributed by atoms with van der Waals surface area (Å²) < 4.78 is 0. The van der Waals surface area contributed by atoms with Crippen LogP contribution in [0.25, 0.3) is 0 Å². The van der Waals surface area contributed by atoms with Crippen LogP contribution in [0.3, 0.4) is 0 Å². The predicted octanol–water partition coefficient (Wildman–Crippen LogP) is 5.34. The van der Waals surface area contributed by atoms with Crippen molar-refractivity contribution in [2.24, 2.45) is 5.92 Å². The fourth-order valence-electron chi connectivity index (χ4n) is 1.51. The van der Waals surface area contributed by atoms with E-state index in [4.69, 9.17) is 0 Å². The monoisotopic (exact) mass is 196 g/mol. The molecule has 1 atom stereocenters. The Hall–Kier alpha value is -0.260. The molecule has 0 nitrogen and oxygen atoms in total. The fourth-order valence-corrected chi connectivity index (χ4v) is 1.51. The molecule has 1 unspecified atom stereocenters. The summed E-state index contributed by atoms with van der Waals surface area (Å²) in [5, 5.41) is 0. The Morgan fingerprint density at radius 3 is 2.29 bits per heavy atom. The van der Waals surface area contributed by atoms with Crippen molar-refractivity contribution in [2.75, 3.05) is 0 Å². The lowest BCUT2D eigenvalue weighted by molar-refractivity contribution is 0.521. The van der Waals surface area contributed by atoms with E-state index in [9.17, 15) is 0 Å². The summed E-state index contributed by atoms with van der Waals surface area (Å²) in [4.78, 5) is 0. The summed E-state index contributed by atoms with van der Waals surface area (Å²) in [6.07, 6.45) is 15.5. The molecule has 0 amide bonds. The zero-order chi connectivity index (χ0) is 10.6. The Kier molecular flexibility index (Phi) is 10.6. The molecule has 0 fully saturated rings. The van der Waals surface area contributed by atoms with E-state index >= 15 is 0 Å². The van der Waals surface area contributed by atoms with Crippen molar-refractivity contribution in [2.45, 2.75) is 72.1 Å². The van der Waals surface area contributed by atoms with E-state index in [1.165, 1.54) is 51.4 Å². The van der Waals surface area contributed by atoms with Gasteiger partial charge in [0.2, 0.25) is 0 Å². The van der Waals surface area contributed by atoms with Gasteiger partial charge in [-0.25, -0.2) is 0 Å². The molecule has 0 aliphatic carbocycles. The standard InChI is InChI=1S/C14H28/c1-4-6-7-8-9-10-11-12-13-14(3)5-2/h10-11,14H,4-9,12-13H2,1-3H3. The van der Waals surface area contributed by atoms with Crippen LogP contribution in [0.2, 0.25) is 0 Å². The summed E-state index contributed by atoms with van der Waals surface area (Å²) in [5.74, 6) is 0.903. The summed E-state index contributed by atoms with van der Waals surface area (Å²) in [5.41, 5.74) is 0. The fraction of sp³-hybridized carbons (Fsp3) is 0.857. The first kappa shape index (κ1) is 13.7. The second-order valence-corrected chi connectivity index (χ2v) is 4.41. The SMILES string of the molecule is CCCCCCC=CCCC(C)CC. The normalized spacial score (nSPS) is 13.6. The first-order valence-corrected chi connectivity index (χ1v) is 6.46. The van der Waals surface area contributed by atoms with Crippen molar-refractivity contribution in [1.82, 2.24) is 0 Å².